The SMILES string of the molecule is CCCN(C(=O)CCn1cc(S(N)(=O)=O)cn1)C1CCNC1.Cl. The van der Waals surface area contributed by atoms with Crippen LogP contribution in [0.3, 0.4) is 0 Å². The van der Waals surface area contributed by atoms with Crippen molar-refractivity contribution in [3.63, 3.8) is 0 Å². The van der Waals surface area contributed by atoms with Crippen LogP contribution in [0.4, 0.5) is 0 Å². The van der Waals surface area contributed by atoms with E-state index in [4.69, 9.17) is 5.14 Å². The summed E-state index contributed by atoms with van der Waals surface area (Å²) in [7, 11) is -3.75. The van der Waals surface area contributed by atoms with Crippen LogP contribution in [0.25, 0.3) is 0 Å². The Morgan fingerprint density at radius 1 is 1.57 bits per heavy atom. The lowest BCUT2D eigenvalue weighted by atomic mass is 10.2. The molecule has 0 spiro atoms. The minimum absolute atomic E-state index is 0. The lowest BCUT2D eigenvalue weighted by Gasteiger charge is -2.28. The molecule has 2 rings (SSSR count). The van der Waals surface area contributed by atoms with E-state index in [1.54, 1.807) is 0 Å². The van der Waals surface area contributed by atoms with E-state index in [9.17, 15) is 13.2 Å². The predicted octanol–water partition coefficient (Wildman–Crippen LogP) is -0.0571. The van der Waals surface area contributed by atoms with Crippen LogP contribution in [-0.4, -0.2) is 54.7 Å². The Balaban J connectivity index is 0.00000264. The molecular formula is C13H24ClN5O3S. The summed E-state index contributed by atoms with van der Waals surface area (Å²) in [6, 6.07) is 0.255. The predicted molar refractivity (Wildman–Crippen MR) is 88.7 cm³/mol. The highest BCUT2D eigenvalue weighted by atomic mass is 35.5. The smallest absolute Gasteiger partial charge is 0.241 e. The minimum atomic E-state index is -3.75. The van der Waals surface area contributed by atoms with Crippen molar-refractivity contribution >= 4 is 28.3 Å². The molecule has 0 aromatic carbocycles. The van der Waals surface area contributed by atoms with Gasteiger partial charge >= 0.3 is 0 Å². The molecule has 1 fully saturated rings. The first-order valence-electron chi connectivity index (χ1n) is 7.47. The van der Waals surface area contributed by atoms with Gasteiger partial charge < -0.3 is 10.2 Å². The van der Waals surface area contributed by atoms with Gasteiger partial charge in [-0.3, -0.25) is 9.48 Å². The summed E-state index contributed by atoms with van der Waals surface area (Å²) < 4.78 is 23.8. The highest BCUT2D eigenvalue weighted by molar-refractivity contribution is 7.89. The maximum absolute atomic E-state index is 12.4. The van der Waals surface area contributed by atoms with Gasteiger partial charge in [-0.05, 0) is 19.4 Å². The van der Waals surface area contributed by atoms with E-state index >= 15 is 0 Å². The monoisotopic (exact) mass is 365 g/mol. The number of carbonyl (C=O) groups excluding carboxylic acids is 1. The van der Waals surface area contributed by atoms with Gasteiger partial charge in [-0.1, -0.05) is 6.92 Å². The number of nitrogens with two attached hydrogens (primary N) is 1. The molecule has 1 saturated heterocycles. The number of aryl methyl sites for hydroxylation is 1. The van der Waals surface area contributed by atoms with Crippen LogP contribution < -0.4 is 10.5 Å². The molecule has 0 radical (unpaired) electrons. The van der Waals surface area contributed by atoms with Crippen molar-refractivity contribution in [2.75, 3.05) is 19.6 Å². The average Bonchev–Trinajstić information content (AvgIpc) is 3.12. The molecule has 23 heavy (non-hydrogen) atoms. The van der Waals surface area contributed by atoms with E-state index in [-0.39, 0.29) is 29.3 Å². The minimum Gasteiger partial charge on any atom is -0.338 e. The second-order valence-corrected chi connectivity index (χ2v) is 7.03. The highest BCUT2D eigenvalue weighted by Gasteiger charge is 2.25. The molecule has 0 aliphatic carbocycles. The van der Waals surface area contributed by atoms with Gasteiger partial charge in [-0.15, -0.1) is 12.4 Å². The summed E-state index contributed by atoms with van der Waals surface area (Å²) in [5.74, 6) is 0.0724. The lowest BCUT2D eigenvalue weighted by Crippen LogP contribution is -2.42. The quantitative estimate of drug-likeness (QED) is 0.703. The summed E-state index contributed by atoms with van der Waals surface area (Å²) in [6.07, 6.45) is 4.74. The fraction of sp³-hybridized carbons (Fsp3) is 0.692. The van der Waals surface area contributed by atoms with Crippen LogP contribution >= 0.6 is 12.4 Å². The van der Waals surface area contributed by atoms with Crippen molar-refractivity contribution in [2.45, 2.75) is 43.7 Å². The topological polar surface area (TPSA) is 110 Å². The largest absolute Gasteiger partial charge is 0.338 e. The fourth-order valence-corrected chi connectivity index (χ4v) is 3.09. The second-order valence-electron chi connectivity index (χ2n) is 5.47. The maximum Gasteiger partial charge on any atom is 0.241 e. The third-order valence-corrected chi connectivity index (χ3v) is 4.62. The normalized spacial score (nSPS) is 17.7. The zero-order valence-electron chi connectivity index (χ0n) is 13.1. The summed E-state index contributed by atoms with van der Waals surface area (Å²) in [4.78, 5) is 14.3. The lowest BCUT2D eigenvalue weighted by molar-refractivity contribution is -0.133. The van der Waals surface area contributed by atoms with Crippen molar-refractivity contribution in [3.8, 4) is 0 Å². The Bertz CT molecular complexity index is 613. The molecule has 1 aliphatic rings. The fourth-order valence-electron chi connectivity index (χ4n) is 2.62. The van der Waals surface area contributed by atoms with Gasteiger partial charge in [0.05, 0.1) is 6.20 Å². The standard InChI is InChI=1S/C13H23N5O3S.ClH/c1-2-6-18(11-3-5-15-8-11)13(19)4-7-17-10-12(9-16-17)22(14,20)21;/h9-11,15H,2-8H2,1H3,(H2,14,20,21);1H. The number of nitrogens with one attached hydrogen (secondary N) is 1. The number of nitrogens with zero attached hydrogens (tertiary/aromatic N) is 3. The number of sulfonamides is 1. The number of hydrogen-bond acceptors (Lipinski definition) is 5. The first kappa shape index (κ1) is 19.9. The van der Waals surface area contributed by atoms with E-state index in [0.717, 1.165) is 32.5 Å². The van der Waals surface area contributed by atoms with Gasteiger partial charge in [0.25, 0.3) is 0 Å². The zero-order valence-corrected chi connectivity index (χ0v) is 14.8. The molecular weight excluding hydrogens is 342 g/mol. The number of halogens is 1. The Labute approximate surface area is 142 Å². The van der Waals surface area contributed by atoms with Crippen LogP contribution in [0, 0.1) is 0 Å². The molecule has 1 aromatic heterocycles. The number of amides is 1. The number of carbonyl (C=O) groups is 1. The van der Waals surface area contributed by atoms with Crippen molar-refractivity contribution in [1.29, 1.82) is 0 Å². The van der Waals surface area contributed by atoms with Gasteiger partial charge in [-0.25, -0.2) is 13.6 Å². The molecule has 132 valence electrons. The van der Waals surface area contributed by atoms with Gasteiger partial charge in [0.1, 0.15) is 4.90 Å². The van der Waals surface area contributed by atoms with E-state index in [2.05, 4.69) is 17.3 Å². The van der Waals surface area contributed by atoms with Gasteiger partial charge in [0.2, 0.25) is 15.9 Å². The first-order valence-corrected chi connectivity index (χ1v) is 9.02. The number of hydrogen-bond donors (Lipinski definition) is 2. The van der Waals surface area contributed by atoms with Crippen molar-refractivity contribution in [3.05, 3.63) is 12.4 Å². The Hall–Kier alpha value is -1.16. The third-order valence-electron chi connectivity index (χ3n) is 3.75. The van der Waals surface area contributed by atoms with E-state index in [0.29, 0.717) is 13.0 Å². The average molecular weight is 366 g/mol. The molecule has 10 heteroatoms. The summed E-state index contributed by atoms with van der Waals surface area (Å²) >= 11 is 0. The van der Waals surface area contributed by atoms with Gasteiger partial charge in [0.15, 0.2) is 0 Å². The molecule has 3 N–H and O–H groups in total. The zero-order chi connectivity index (χ0) is 16.2. The van der Waals surface area contributed by atoms with Crippen LogP contribution in [-0.2, 0) is 21.4 Å². The van der Waals surface area contributed by atoms with Crippen molar-refractivity contribution in [2.24, 2.45) is 5.14 Å². The molecule has 1 aromatic rings. The molecule has 1 amide bonds. The van der Waals surface area contributed by atoms with E-state index in [1.807, 2.05) is 4.90 Å². The molecule has 2 heterocycles. The molecule has 8 nitrogen and oxygen atoms in total. The molecule has 1 atom stereocenters. The molecule has 1 unspecified atom stereocenters. The Kier molecular flexibility index (Phi) is 7.46. The van der Waals surface area contributed by atoms with Crippen molar-refractivity contribution < 1.29 is 13.2 Å². The van der Waals surface area contributed by atoms with Crippen LogP contribution in [0.5, 0.6) is 0 Å². The second kappa shape index (κ2) is 8.62. The van der Waals surface area contributed by atoms with Crippen molar-refractivity contribution in [1.82, 2.24) is 20.0 Å². The molecule has 0 bridgehead atoms. The Morgan fingerprint density at radius 3 is 2.83 bits per heavy atom. The Morgan fingerprint density at radius 2 is 2.30 bits per heavy atom. The number of aromatic nitrogens is 2. The van der Waals surface area contributed by atoms with Crippen LogP contribution in [0.1, 0.15) is 26.2 Å². The van der Waals surface area contributed by atoms with Gasteiger partial charge in [-0.2, -0.15) is 5.10 Å². The summed E-state index contributed by atoms with van der Waals surface area (Å²) in [5.41, 5.74) is 0. The summed E-state index contributed by atoms with van der Waals surface area (Å²) in [5, 5.41) is 12.2. The van der Waals surface area contributed by atoms with E-state index in [1.165, 1.54) is 17.1 Å². The highest BCUT2D eigenvalue weighted by Crippen LogP contribution is 2.12. The molecule has 1 aliphatic heterocycles. The van der Waals surface area contributed by atoms with E-state index < -0.39 is 10.0 Å². The molecule has 0 saturated carbocycles. The van der Waals surface area contributed by atoms with Gasteiger partial charge in [0, 0.05) is 38.3 Å². The number of primary sulfonamides is 1. The number of rotatable bonds is 7. The van der Waals surface area contributed by atoms with Crippen LogP contribution in [0.15, 0.2) is 17.3 Å². The maximum atomic E-state index is 12.4. The first-order chi connectivity index (χ1) is 10.4. The summed E-state index contributed by atoms with van der Waals surface area (Å²) in [6.45, 7) is 4.91. The van der Waals surface area contributed by atoms with Crippen LogP contribution in [0.2, 0.25) is 0 Å². The third kappa shape index (κ3) is 5.45.